The minimum Gasteiger partial charge on any atom is -0.507 e. The number of carbonyl (C=O) groups is 1. The van der Waals surface area contributed by atoms with E-state index in [1.165, 1.54) is 0 Å². The van der Waals surface area contributed by atoms with Gasteiger partial charge in [0, 0.05) is 26.3 Å². The van der Waals surface area contributed by atoms with E-state index in [1.807, 2.05) is 36.4 Å². The minimum absolute atomic E-state index is 0.143. The number of phenolic OH excluding ortho intramolecular Hbond substituents is 1. The van der Waals surface area contributed by atoms with Crippen molar-refractivity contribution in [3.05, 3.63) is 86.8 Å². The molecule has 0 saturated carbocycles. The quantitative estimate of drug-likeness (QED) is 0.445. The van der Waals surface area contributed by atoms with Crippen molar-refractivity contribution in [3.8, 4) is 16.9 Å². The number of benzene rings is 3. The Labute approximate surface area is 168 Å². The highest BCUT2D eigenvalue weighted by Gasteiger charge is 2.02. The highest BCUT2D eigenvalue weighted by atomic mass is 79.9. The molecule has 4 N–H and O–H groups in total. The van der Waals surface area contributed by atoms with E-state index < -0.39 is 5.91 Å². The van der Waals surface area contributed by atoms with Crippen LogP contribution in [0.2, 0.25) is 0 Å². The van der Waals surface area contributed by atoms with Crippen molar-refractivity contribution in [1.82, 2.24) is 0 Å². The summed E-state index contributed by atoms with van der Waals surface area (Å²) >= 11 is 6.54. The van der Waals surface area contributed by atoms with Gasteiger partial charge in [0.25, 0.3) is 0 Å². The average Bonchev–Trinajstić information content (AvgIpc) is 2.65. The molecule has 0 aliphatic rings. The molecule has 0 fully saturated rings. The first-order valence-corrected chi connectivity index (χ1v) is 9.14. The van der Waals surface area contributed by atoms with Crippen molar-refractivity contribution in [2.75, 3.05) is 0 Å². The van der Waals surface area contributed by atoms with Gasteiger partial charge in [-0.1, -0.05) is 36.4 Å². The van der Waals surface area contributed by atoms with E-state index in [0.29, 0.717) is 11.1 Å². The summed E-state index contributed by atoms with van der Waals surface area (Å²) in [5.41, 5.74) is 8.19. The maximum absolute atomic E-state index is 10.7. The van der Waals surface area contributed by atoms with E-state index in [1.54, 1.807) is 30.3 Å². The van der Waals surface area contributed by atoms with Crippen LogP contribution in [0.15, 0.2) is 75.7 Å². The second kappa shape index (κ2) is 9.31. The number of phenols is 1. The lowest BCUT2D eigenvalue weighted by Crippen LogP contribution is -2.10. The Morgan fingerprint density at radius 3 is 2.19 bits per heavy atom. The molecule has 0 heterocycles. The molecular weight excluding hydrogens is 460 g/mol. The van der Waals surface area contributed by atoms with Crippen LogP contribution in [0.4, 0.5) is 0 Å². The third-order valence-electron chi connectivity index (χ3n) is 3.49. The molecule has 0 bridgehead atoms. The second-order valence-corrected chi connectivity index (χ2v) is 6.99. The van der Waals surface area contributed by atoms with Crippen LogP contribution in [0.3, 0.4) is 0 Å². The van der Waals surface area contributed by atoms with Crippen LogP contribution in [0.5, 0.6) is 5.75 Å². The maximum atomic E-state index is 10.7. The van der Waals surface area contributed by atoms with Gasteiger partial charge in [-0.05, 0) is 73.3 Å². The van der Waals surface area contributed by atoms with Gasteiger partial charge < -0.3 is 16.2 Å². The summed E-state index contributed by atoms with van der Waals surface area (Å²) < 4.78 is 1.73. The zero-order valence-corrected chi connectivity index (χ0v) is 16.8. The summed E-state index contributed by atoms with van der Waals surface area (Å²) in [5, 5.41) is 16.6. The lowest BCUT2D eigenvalue weighted by Gasteiger charge is -2.04. The Kier molecular flexibility index (Phi) is 7.12. The summed E-state index contributed by atoms with van der Waals surface area (Å²) in [6, 6.07) is 20.3. The molecule has 0 aliphatic carbocycles. The van der Waals surface area contributed by atoms with Crippen molar-refractivity contribution in [1.29, 1.82) is 5.41 Å². The standard InChI is InChI=1S/C13H11NO.C7H5Br2NO/c14-9-12-8-11(6-7-13(12)15)10-4-2-1-3-5-10;8-5-2-1-4(7(10)11)3-6(5)9/h1-9,14-15H;1-3H,(H2,10,11). The van der Waals surface area contributed by atoms with Gasteiger partial charge in [0.05, 0.1) is 0 Å². The average molecular weight is 476 g/mol. The number of hydrogen-bond acceptors (Lipinski definition) is 3. The number of nitrogens with two attached hydrogens (primary N) is 1. The van der Waals surface area contributed by atoms with E-state index in [-0.39, 0.29) is 5.75 Å². The Morgan fingerprint density at radius 1 is 0.923 bits per heavy atom. The number of halogens is 2. The van der Waals surface area contributed by atoms with Gasteiger partial charge in [-0.25, -0.2) is 0 Å². The monoisotopic (exact) mass is 474 g/mol. The Bertz CT molecular complexity index is 928. The molecule has 3 aromatic rings. The van der Waals surface area contributed by atoms with E-state index in [4.69, 9.17) is 11.1 Å². The largest absolute Gasteiger partial charge is 0.507 e. The Morgan fingerprint density at radius 2 is 1.62 bits per heavy atom. The molecule has 3 aromatic carbocycles. The maximum Gasteiger partial charge on any atom is 0.248 e. The van der Waals surface area contributed by atoms with Crippen LogP contribution in [-0.2, 0) is 0 Å². The molecule has 26 heavy (non-hydrogen) atoms. The number of carbonyl (C=O) groups excluding carboxylic acids is 1. The molecular formula is C20H16Br2N2O2. The number of amides is 1. The first-order valence-electron chi connectivity index (χ1n) is 7.56. The second-order valence-electron chi connectivity index (χ2n) is 5.28. The molecule has 6 heteroatoms. The normalized spacial score (nSPS) is 9.77. The number of rotatable bonds is 3. The summed E-state index contributed by atoms with van der Waals surface area (Å²) in [7, 11) is 0. The summed E-state index contributed by atoms with van der Waals surface area (Å²) in [4.78, 5) is 10.7. The smallest absolute Gasteiger partial charge is 0.248 e. The third-order valence-corrected chi connectivity index (χ3v) is 5.37. The van der Waals surface area contributed by atoms with Crippen molar-refractivity contribution >= 4 is 44.0 Å². The molecule has 4 nitrogen and oxygen atoms in total. The lowest BCUT2D eigenvalue weighted by atomic mass is 10.0. The van der Waals surface area contributed by atoms with E-state index in [2.05, 4.69) is 31.9 Å². The van der Waals surface area contributed by atoms with Crippen LogP contribution in [0.25, 0.3) is 11.1 Å². The highest BCUT2D eigenvalue weighted by Crippen LogP contribution is 2.25. The first kappa shape index (κ1) is 19.9. The number of aromatic hydroxyl groups is 1. The van der Waals surface area contributed by atoms with Crippen molar-refractivity contribution < 1.29 is 9.90 Å². The number of hydrogen-bond donors (Lipinski definition) is 3. The van der Waals surface area contributed by atoms with Crippen LogP contribution >= 0.6 is 31.9 Å². The lowest BCUT2D eigenvalue weighted by molar-refractivity contribution is 0.1000. The Balaban J connectivity index is 0.000000197. The summed E-state index contributed by atoms with van der Waals surface area (Å²) in [5.74, 6) is -0.275. The van der Waals surface area contributed by atoms with Crippen LogP contribution in [-0.4, -0.2) is 17.2 Å². The van der Waals surface area contributed by atoms with Gasteiger partial charge in [0.15, 0.2) is 0 Å². The Hall–Kier alpha value is -2.44. The van der Waals surface area contributed by atoms with E-state index in [0.717, 1.165) is 26.3 Å². The molecule has 1 amide bonds. The zero-order chi connectivity index (χ0) is 19.1. The summed E-state index contributed by atoms with van der Waals surface area (Å²) in [6.45, 7) is 0. The fourth-order valence-corrected chi connectivity index (χ4v) is 2.76. The molecule has 3 rings (SSSR count). The van der Waals surface area contributed by atoms with Gasteiger partial charge in [-0.15, -0.1) is 0 Å². The van der Waals surface area contributed by atoms with Gasteiger partial charge in [0.1, 0.15) is 5.75 Å². The minimum atomic E-state index is -0.418. The van der Waals surface area contributed by atoms with Crippen LogP contribution < -0.4 is 5.73 Å². The molecule has 0 spiro atoms. The van der Waals surface area contributed by atoms with E-state index in [9.17, 15) is 9.90 Å². The van der Waals surface area contributed by atoms with Gasteiger partial charge >= 0.3 is 0 Å². The molecule has 0 aromatic heterocycles. The predicted molar refractivity (Wildman–Crippen MR) is 112 cm³/mol. The zero-order valence-electron chi connectivity index (χ0n) is 13.6. The predicted octanol–water partition coefficient (Wildman–Crippen LogP) is 5.37. The number of nitrogens with one attached hydrogen (secondary N) is 1. The van der Waals surface area contributed by atoms with Crippen molar-refractivity contribution in [2.24, 2.45) is 5.73 Å². The third kappa shape index (κ3) is 5.28. The SMILES string of the molecule is N=Cc1cc(-c2ccccc2)ccc1O.NC(=O)c1ccc(Br)c(Br)c1. The van der Waals surface area contributed by atoms with E-state index >= 15 is 0 Å². The van der Waals surface area contributed by atoms with Crippen LogP contribution in [0.1, 0.15) is 15.9 Å². The molecule has 132 valence electrons. The van der Waals surface area contributed by atoms with Crippen molar-refractivity contribution in [2.45, 2.75) is 0 Å². The van der Waals surface area contributed by atoms with Crippen molar-refractivity contribution in [3.63, 3.8) is 0 Å². The molecule has 0 atom stereocenters. The molecule has 0 unspecified atom stereocenters. The van der Waals surface area contributed by atoms with Gasteiger partial charge in [-0.2, -0.15) is 0 Å². The fraction of sp³-hybridized carbons (Fsp3) is 0. The first-order chi connectivity index (χ1) is 12.4. The molecule has 0 saturated heterocycles. The topological polar surface area (TPSA) is 87.2 Å². The van der Waals surface area contributed by atoms with Gasteiger partial charge in [-0.3, -0.25) is 4.79 Å². The van der Waals surface area contributed by atoms with Gasteiger partial charge in [0.2, 0.25) is 5.91 Å². The number of primary amides is 1. The highest BCUT2D eigenvalue weighted by molar-refractivity contribution is 9.13. The summed E-state index contributed by atoms with van der Waals surface area (Å²) in [6.07, 6.45) is 1.15. The van der Waals surface area contributed by atoms with Crippen LogP contribution in [0, 0.1) is 5.41 Å². The molecule has 0 radical (unpaired) electrons. The molecule has 0 aliphatic heterocycles. The fourth-order valence-electron chi connectivity index (χ4n) is 2.13.